The van der Waals surface area contributed by atoms with Crippen LogP contribution in [-0.4, -0.2) is 12.6 Å². The third kappa shape index (κ3) is 3.18. The highest BCUT2D eigenvalue weighted by atomic mass is 79.9. The number of esters is 1. The van der Waals surface area contributed by atoms with Crippen LogP contribution in [0.3, 0.4) is 0 Å². The fourth-order valence-corrected chi connectivity index (χ4v) is 1.54. The van der Waals surface area contributed by atoms with Crippen molar-refractivity contribution >= 4 is 33.5 Å². The van der Waals surface area contributed by atoms with E-state index >= 15 is 0 Å². The molecule has 0 fully saturated rings. The van der Waals surface area contributed by atoms with Crippen molar-refractivity contribution in [3.8, 4) is 0 Å². The van der Waals surface area contributed by atoms with Gasteiger partial charge in [0.1, 0.15) is 0 Å². The normalized spacial score (nSPS) is 12.3. The molecule has 82 valence electrons. The first kappa shape index (κ1) is 12.5. The Kier molecular flexibility index (Phi) is 4.54. The van der Waals surface area contributed by atoms with Gasteiger partial charge in [-0.25, -0.2) is 9.18 Å². The topological polar surface area (TPSA) is 26.3 Å². The number of carbonyl (C=O) groups excluding carboxylic acids is 1. The second kappa shape index (κ2) is 5.47. The Morgan fingerprint density at radius 1 is 1.67 bits per heavy atom. The van der Waals surface area contributed by atoms with E-state index in [1.54, 1.807) is 6.92 Å². The Morgan fingerprint density at radius 2 is 2.33 bits per heavy atom. The fraction of sp³-hybridized carbons (Fsp3) is 0.300. The first-order valence-electron chi connectivity index (χ1n) is 4.32. The number of alkyl halides is 1. The van der Waals surface area contributed by atoms with Crippen molar-refractivity contribution < 1.29 is 13.9 Å². The summed E-state index contributed by atoms with van der Waals surface area (Å²) in [5.41, 5.74) is 0.227. The second-order valence-electron chi connectivity index (χ2n) is 2.79. The zero-order valence-electron chi connectivity index (χ0n) is 7.97. The summed E-state index contributed by atoms with van der Waals surface area (Å²) >= 11 is 8.89. The molecule has 0 aliphatic carbocycles. The predicted octanol–water partition coefficient (Wildman–Crippen LogP) is 3.68. The van der Waals surface area contributed by atoms with E-state index in [0.29, 0.717) is 9.50 Å². The van der Waals surface area contributed by atoms with Gasteiger partial charge in [-0.2, -0.15) is 0 Å². The maximum atomic E-state index is 13.5. The SMILES string of the molecule is CCOC(=O)C(F)c1ccc(Cl)c(Br)c1. The Labute approximate surface area is 101 Å². The maximum Gasteiger partial charge on any atom is 0.345 e. The van der Waals surface area contributed by atoms with Gasteiger partial charge in [0.25, 0.3) is 0 Å². The van der Waals surface area contributed by atoms with Crippen LogP contribution < -0.4 is 0 Å². The molecule has 0 aliphatic rings. The number of halogens is 3. The van der Waals surface area contributed by atoms with Gasteiger partial charge in [0, 0.05) is 4.47 Å². The molecule has 2 nitrogen and oxygen atoms in total. The zero-order valence-corrected chi connectivity index (χ0v) is 10.3. The molecule has 1 rings (SSSR count). The third-order valence-corrected chi connectivity index (χ3v) is 2.94. The molecule has 0 heterocycles. The summed E-state index contributed by atoms with van der Waals surface area (Å²) in [6, 6.07) is 4.44. The van der Waals surface area contributed by atoms with Gasteiger partial charge in [-0.3, -0.25) is 0 Å². The first-order chi connectivity index (χ1) is 7.06. The molecule has 1 aromatic rings. The molecule has 0 bridgehead atoms. The van der Waals surface area contributed by atoms with Gasteiger partial charge in [0.05, 0.1) is 11.6 Å². The van der Waals surface area contributed by atoms with E-state index in [0.717, 1.165) is 0 Å². The largest absolute Gasteiger partial charge is 0.464 e. The number of hydrogen-bond donors (Lipinski definition) is 0. The smallest absolute Gasteiger partial charge is 0.345 e. The Morgan fingerprint density at radius 3 is 2.87 bits per heavy atom. The molecule has 0 N–H and O–H groups in total. The summed E-state index contributed by atoms with van der Waals surface area (Å²) in [7, 11) is 0. The van der Waals surface area contributed by atoms with Crippen molar-refractivity contribution in [2.75, 3.05) is 6.61 Å². The van der Waals surface area contributed by atoms with E-state index in [-0.39, 0.29) is 12.2 Å². The highest BCUT2D eigenvalue weighted by molar-refractivity contribution is 9.10. The number of hydrogen-bond acceptors (Lipinski definition) is 2. The summed E-state index contributed by atoms with van der Waals surface area (Å²) in [6.07, 6.45) is -1.77. The average molecular weight is 296 g/mol. The van der Waals surface area contributed by atoms with Gasteiger partial charge in [0.15, 0.2) is 0 Å². The molecule has 0 saturated carbocycles. The van der Waals surface area contributed by atoms with Crippen LogP contribution in [0.4, 0.5) is 4.39 Å². The first-order valence-corrected chi connectivity index (χ1v) is 5.49. The molecule has 0 radical (unpaired) electrons. The van der Waals surface area contributed by atoms with Gasteiger partial charge in [-0.15, -0.1) is 0 Å². The molecule has 1 atom stereocenters. The van der Waals surface area contributed by atoms with Crippen LogP contribution in [-0.2, 0) is 9.53 Å². The molecular formula is C10H9BrClFO2. The van der Waals surface area contributed by atoms with Crippen molar-refractivity contribution in [1.29, 1.82) is 0 Å². The van der Waals surface area contributed by atoms with Crippen molar-refractivity contribution in [3.05, 3.63) is 33.3 Å². The van der Waals surface area contributed by atoms with Gasteiger partial charge < -0.3 is 4.74 Å². The fourth-order valence-electron chi connectivity index (χ4n) is 1.02. The molecule has 0 aliphatic heterocycles. The van der Waals surface area contributed by atoms with Crippen LogP contribution in [0, 0.1) is 0 Å². The highest BCUT2D eigenvalue weighted by Gasteiger charge is 2.21. The van der Waals surface area contributed by atoms with Gasteiger partial charge in [-0.05, 0) is 40.5 Å². The van der Waals surface area contributed by atoms with Gasteiger partial charge >= 0.3 is 5.97 Å². The molecule has 1 unspecified atom stereocenters. The minimum atomic E-state index is -1.77. The molecule has 1 aromatic carbocycles. The van der Waals surface area contributed by atoms with Crippen LogP contribution in [0.1, 0.15) is 18.7 Å². The number of ether oxygens (including phenoxy) is 1. The molecule has 0 spiro atoms. The molecule has 0 aromatic heterocycles. The standard InChI is InChI=1S/C10H9BrClFO2/c1-2-15-10(14)9(13)6-3-4-8(12)7(11)5-6/h3-5,9H,2H2,1H3. The van der Waals surface area contributed by atoms with E-state index in [9.17, 15) is 9.18 Å². The highest BCUT2D eigenvalue weighted by Crippen LogP contribution is 2.28. The monoisotopic (exact) mass is 294 g/mol. The molecule has 0 saturated heterocycles. The Bertz CT molecular complexity index is 370. The van der Waals surface area contributed by atoms with E-state index < -0.39 is 12.1 Å². The number of rotatable bonds is 3. The summed E-state index contributed by atoms with van der Waals surface area (Å²) < 4.78 is 18.6. The molecular weight excluding hydrogens is 286 g/mol. The zero-order chi connectivity index (χ0) is 11.4. The lowest BCUT2D eigenvalue weighted by atomic mass is 10.1. The lowest BCUT2D eigenvalue weighted by Crippen LogP contribution is -2.11. The van der Waals surface area contributed by atoms with Gasteiger partial charge in [0.2, 0.25) is 6.17 Å². The predicted molar refractivity (Wildman–Crippen MR) is 59.6 cm³/mol. The van der Waals surface area contributed by atoms with Crippen molar-refractivity contribution in [3.63, 3.8) is 0 Å². The van der Waals surface area contributed by atoms with Gasteiger partial charge in [-0.1, -0.05) is 17.7 Å². The molecule has 15 heavy (non-hydrogen) atoms. The lowest BCUT2D eigenvalue weighted by Gasteiger charge is -2.08. The van der Waals surface area contributed by atoms with Crippen molar-refractivity contribution in [2.24, 2.45) is 0 Å². The number of carbonyl (C=O) groups is 1. The Balaban J connectivity index is 2.86. The summed E-state index contributed by atoms with van der Waals surface area (Å²) in [5, 5.41) is 0.467. The van der Waals surface area contributed by atoms with Crippen LogP contribution >= 0.6 is 27.5 Å². The van der Waals surface area contributed by atoms with E-state index in [4.69, 9.17) is 11.6 Å². The summed E-state index contributed by atoms with van der Waals surface area (Å²) in [5.74, 6) is -0.883. The second-order valence-corrected chi connectivity index (χ2v) is 4.05. The van der Waals surface area contributed by atoms with Crippen molar-refractivity contribution in [1.82, 2.24) is 0 Å². The molecule has 0 amide bonds. The Hall–Kier alpha value is -0.610. The summed E-state index contributed by atoms with van der Waals surface area (Å²) in [6.45, 7) is 1.79. The quantitative estimate of drug-likeness (QED) is 0.795. The lowest BCUT2D eigenvalue weighted by molar-refractivity contribution is -0.149. The maximum absolute atomic E-state index is 13.5. The van der Waals surface area contributed by atoms with E-state index in [1.165, 1.54) is 18.2 Å². The van der Waals surface area contributed by atoms with Crippen LogP contribution in [0.2, 0.25) is 5.02 Å². The van der Waals surface area contributed by atoms with Crippen LogP contribution in [0.15, 0.2) is 22.7 Å². The van der Waals surface area contributed by atoms with E-state index in [2.05, 4.69) is 20.7 Å². The number of benzene rings is 1. The minimum absolute atomic E-state index is 0.161. The molecule has 5 heteroatoms. The minimum Gasteiger partial charge on any atom is -0.464 e. The van der Waals surface area contributed by atoms with E-state index in [1.807, 2.05) is 0 Å². The average Bonchev–Trinajstić information content (AvgIpc) is 2.21. The third-order valence-electron chi connectivity index (χ3n) is 1.73. The summed E-state index contributed by atoms with van der Waals surface area (Å²) in [4.78, 5) is 11.1. The van der Waals surface area contributed by atoms with Crippen molar-refractivity contribution in [2.45, 2.75) is 13.1 Å². The van der Waals surface area contributed by atoms with Crippen LogP contribution in [0.25, 0.3) is 0 Å². The van der Waals surface area contributed by atoms with Crippen LogP contribution in [0.5, 0.6) is 0 Å².